The predicted molar refractivity (Wildman–Crippen MR) is 113 cm³/mol. The largest absolute Gasteiger partial charge is 0.0622 e. The maximum absolute atomic E-state index is 2.39. The first kappa shape index (κ1) is 17.9. The highest BCUT2D eigenvalue weighted by molar-refractivity contribution is 7.73. The Balaban J connectivity index is 1.75. The molecule has 3 aromatic carbocycles. The SMILES string of the molecule is Cc1cc(C)c(CCCP(c2ccccc2)c2ccccc2)cc1C. The molecular weight excluding hydrogens is 319 g/mol. The van der Waals surface area contributed by atoms with Crippen LogP contribution in [0, 0.1) is 20.8 Å². The number of rotatable bonds is 6. The molecule has 0 spiro atoms. The van der Waals surface area contributed by atoms with Crippen LogP contribution >= 0.6 is 7.92 Å². The van der Waals surface area contributed by atoms with E-state index in [-0.39, 0.29) is 7.92 Å². The van der Waals surface area contributed by atoms with Gasteiger partial charge in [-0.3, -0.25) is 0 Å². The van der Waals surface area contributed by atoms with Crippen molar-refractivity contribution in [3.05, 3.63) is 95.1 Å². The van der Waals surface area contributed by atoms with Crippen molar-refractivity contribution >= 4 is 18.5 Å². The van der Waals surface area contributed by atoms with Gasteiger partial charge in [0.05, 0.1) is 0 Å². The zero-order valence-corrected chi connectivity index (χ0v) is 16.4. The molecule has 0 unspecified atom stereocenters. The van der Waals surface area contributed by atoms with Crippen LogP contribution in [-0.2, 0) is 6.42 Å². The molecule has 0 aliphatic carbocycles. The van der Waals surface area contributed by atoms with Gasteiger partial charge in [-0.05, 0) is 80.6 Å². The van der Waals surface area contributed by atoms with Crippen molar-refractivity contribution in [3.63, 3.8) is 0 Å². The summed E-state index contributed by atoms with van der Waals surface area (Å²) in [7, 11) is -0.271. The minimum Gasteiger partial charge on any atom is -0.0622 e. The quantitative estimate of drug-likeness (QED) is 0.504. The Bertz CT molecular complexity index is 767. The summed E-state index contributed by atoms with van der Waals surface area (Å²) in [6.07, 6.45) is 3.65. The highest BCUT2D eigenvalue weighted by Crippen LogP contribution is 2.34. The summed E-state index contributed by atoms with van der Waals surface area (Å²) in [6, 6.07) is 26.8. The van der Waals surface area contributed by atoms with Gasteiger partial charge in [0.1, 0.15) is 0 Å². The van der Waals surface area contributed by atoms with Crippen molar-refractivity contribution in [2.24, 2.45) is 0 Å². The van der Waals surface area contributed by atoms with E-state index in [9.17, 15) is 0 Å². The van der Waals surface area contributed by atoms with Crippen LogP contribution in [0.3, 0.4) is 0 Å². The lowest BCUT2D eigenvalue weighted by Gasteiger charge is -2.19. The maximum Gasteiger partial charge on any atom is -0.0195 e. The number of hydrogen-bond acceptors (Lipinski definition) is 0. The van der Waals surface area contributed by atoms with Crippen molar-refractivity contribution in [2.75, 3.05) is 6.16 Å². The van der Waals surface area contributed by atoms with Gasteiger partial charge in [0.15, 0.2) is 0 Å². The van der Waals surface area contributed by atoms with Gasteiger partial charge in [-0.2, -0.15) is 0 Å². The van der Waals surface area contributed by atoms with Crippen LogP contribution in [0.15, 0.2) is 72.8 Å². The molecule has 0 aromatic heterocycles. The van der Waals surface area contributed by atoms with Crippen molar-refractivity contribution in [1.82, 2.24) is 0 Å². The molecule has 0 amide bonds. The summed E-state index contributed by atoms with van der Waals surface area (Å²) in [5.41, 5.74) is 5.76. The lowest BCUT2D eigenvalue weighted by molar-refractivity contribution is 0.917. The Labute approximate surface area is 153 Å². The third-order valence-electron chi connectivity index (χ3n) is 4.92. The lowest BCUT2D eigenvalue weighted by Crippen LogP contribution is -2.14. The lowest BCUT2D eigenvalue weighted by atomic mass is 9.98. The van der Waals surface area contributed by atoms with Crippen LogP contribution in [-0.4, -0.2) is 6.16 Å². The average molecular weight is 346 g/mol. The van der Waals surface area contributed by atoms with E-state index in [1.54, 1.807) is 0 Å². The molecule has 0 bridgehead atoms. The van der Waals surface area contributed by atoms with Crippen LogP contribution in [0.25, 0.3) is 0 Å². The highest BCUT2D eigenvalue weighted by Gasteiger charge is 2.13. The zero-order chi connectivity index (χ0) is 17.6. The third kappa shape index (κ3) is 4.59. The second-order valence-electron chi connectivity index (χ2n) is 6.79. The molecule has 0 aliphatic heterocycles. The molecule has 0 nitrogen and oxygen atoms in total. The fourth-order valence-corrected chi connectivity index (χ4v) is 5.69. The first-order chi connectivity index (χ1) is 12.1. The van der Waals surface area contributed by atoms with Gasteiger partial charge in [-0.15, -0.1) is 0 Å². The van der Waals surface area contributed by atoms with E-state index in [2.05, 4.69) is 93.6 Å². The zero-order valence-electron chi connectivity index (χ0n) is 15.5. The molecule has 0 saturated heterocycles. The second-order valence-corrected chi connectivity index (χ2v) is 9.13. The summed E-state index contributed by atoms with van der Waals surface area (Å²) in [5.74, 6) is 0. The molecule has 0 aliphatic rings. The van der Waals surface area contributed by atoms with E-state index in [0.717, 1.165) is 0 Å². The molecule has 3 aromatic rings. The summed E-state index contributed by atoms with van der Waals surface area (Å²) in [5, 5.41) is 2.97. The van der Waals surface area contributed by atoms with Crippen LogP contribution < -0.4 is 10.6 Å². The Kier molecular flexibility index (Phi) is 6.05. The van der Waals surface area contributed by atoms with Crippen molar-refractivity contribution < 1.29 is 0 Å². The molecule has 0 saturated carbocycles. The molecule has 0 heterocycles. The molecule has 1 heteroatoms. The monoisotopic (exact) mass is 346 g/mol. The van der Waals surface area contributed by atoms with Crippen molar-refractivity contribution in [3.8, 4) is 0 Å². The van der Waals surface area contributed by atoms with E-state index in [1.165, 1.54) is 51.9 Å². The van der Waals surface area contributed by atoms with Gasteiger partial charge in [0.2, 0.25) is 0 Å². The fraction of sp³-hybridized carbons (Fsp3) is 0.250. The fourth-order valence-electron chi connectivity index (χ4n) is 3.34. The molecule has 25 heavy (non-hydrogen) atoms. The van der Waals surface area contributed by atoms with E-state index in [1.807, 2.05) is 0 Å². The summed E-state index contributed by atoms with van der Waals surface area (Å²) >= 11 is 0. The molecule has 0 fully saturated rings. The molecule has 0 atom stereocenters. The van der Waals surface area contributed by atoms with Gasteiger partial charge in [-0.1, -0.05) is 72.8 Å². The summed E-state index contributed by atoms with van der Waals surface area (Å²) < 4.78 is 0. The topological polar surface area (TPSA) is 0 Å². The minimum absolute atomic E-state index is 0.271. The average Bonchev–Trinajstić information content (AvgIpc) is 2.64. The van der Waals surface area contributed by atoms with Gasteiger partial charge in [0.25, 0.3) is 0 Å². The maximum atomic E-state index is 2.39. The van der Waals surface area contributed by atoms with Crippen LogP contribution in [0.4, 0.5) is 0 Å². The highest BCUT2D eigenvalue weighted by atomic mass is 31.1. The van der Waals surface area contributed by atoms with E-state index < -0.39 is 0 Å². The first-order valence-electron chi connectivity index (χ1n) is 9.09. The summed E-state index contributed by atoms with van der Waals surface area (Å²) in [6.45, 7) is 6.67. The Hall–Kier alpha value is -1.91. The summed E-state index contributed by atoms with van der Waals surface area (Å²) in [4.78, 5) is 0. The van der Waals surface area contributed by atoms with Gasteiger partial charge in [0, 0.05) is 0 Å². The van der Waals surface area contributed by atoms with E-state index in [4.69, 9.17) is 0 Å². The van der Waals surface area contributed by atoms with E-state index in [0.29, 0.717) is 0 Å². The molecule has 128 valence electrons. The molecule has 0 N–H and O–H groups in total. The van der Waals surface area contributed by atoms with Gasteiger partial charge in [-0.25, -0.2) is 0 Å². The third-order valence-corrected chi connectivity index (χ3v) is 7.52. The number of hydrogen-bond donors (Lipinski definition) is 0. The van der Waals surface area contributed by atoms with Crippen LogP contribution in [0.5, 0.6) is 0 Å². The number of aryl methyl sites for hydroxylation is 4. The van der Waals surface area contributed by atoms with Crippen molar-refractivity contribution in [1.29, 1.82) is 0 Å². The smallest absolute Gasteiger partial charge is 0.0195 e. The van der Waals surface area contributed by atoms with Crippen LogP contribution in [0.1, 0.15) is 28.7 Å². The Morgan fingerprint density at radius 1 is 0.640 bits per heavy atom. The first-order valence-corrected chi connectivity index (χ1v) is 10.6. The standard InChI is InChI=1S/C24H27P/c1-19-17-21(3)22(18-20(19)2)11-10-16-25(23-12-6-4-7-13-23)24-14-8-5-9-15-24/h4-9,12-15,17-18H,10-11,16H2,1-3H3. The molecule has 3 rings (SSSR count). The number of benzene rings is 3. The minimum atomic E-state index is -0.271. The van der Waals surface area contributed by atoms with Gasteiger partial charge >= 0.3 is 0 Å². The molecule has 0 radical (unpaired) electrons. The van der Waals surface area contributed by atoms with Crippen LogP contribution in [0.2, 0.25) is 0 Å². The normalized spacial score (nSPS) is 11.0. The van der Waals surface area contributed by atoms with Gasteiger partial charge < -0.3 is 0 Å². The predicted octanol–water partition coefficient (Wildman–Crippen LogP) is 5.68. The molecular formula is C24H27P. The Morgan fingerprint density at radius 3 is 1.72 bits per heavy atom. The van der Waals surface area contributed by atoms with E-state index >= 15 is 0 Å². The Morgan fingerprint density at radius 2 is 1.16 bits per heavy atom. The second kappa shape index (κ2) is 8.45. The van der Waals surface area contributed by atoms with Crippen molar-refractivity contribution in [2.45, 2.75) is 33.6 Å².